The molecule has 0 bridgehead atoms. The number of imidazole rings is 1. The van der Waals surface area contributed by atoms with Crippen molar-refractivity contribution in [3.05, 3.63) is 24.3 Å². The third-order valence-corrected chi connectivity index (χ3v) is 3.71. The molecule has 0 saturated heterocycles. The van der Waals surface area contributed by atoms with Gasteiger partial charge in [0.2, 0.25) is 0 Å². The lowest BCUT2D eigenvalue weighted by Crippen LogP contribution is -2.19. The van der Waals surface area contributed by atoms with Gasteiger partial charge in [-0.05, 0) is 12.1 Å². The van der Waals surface area contributed by atoms with E-state index in [4.69, 9.17) is 0 Å². The molecule has 0 aliphatic carbocycles. The van der Waals surface area contributed by atoms with E-state index >= 15 is 0 Å². The maximum Gasteiger partial charge on any atom is 0.347 e. The van der Waals surface area contributed by atoms with Crippen LogP contribution < -0.4 is 0 Å². The van der Waals surface area contributed by atoms with Crippen molar-refractivity contribution in [3.8, 4) is 0 Å². The second-order valence-electron chi connectivity index (χ2n) is 3.33. The van der Waals surface area contributed by atoms with E-state index in [0.717, 1.165) is 11.0 Å². The summed E-state index contributed by atoms with van der Waals surface area (Å²) >= 11 is -1.09. The maximum atomic E-state index is 11.7. The molecule has 0 saturated carbocycles. The highest BCUT2D eigenvalue weighted by Gasteiger charge is 2.34. The standard InChI is InChI=1S/C9H9N3OS/c1-11-6-12-8-5-3-2-4-7(8)10-9(12)14(11)13/h2-5H,6H2,1H3. The molecular weight excluding hydrogens is 198 g/mol. The van der Waals surface area contributed by atoms with Gasteiger partial charge in [0.1, 0.15) is 18.0 Å². The Hall–Kier alpha value is -1.04. The van der Waals surface area contributed by atoms with E-state index in [2.05, 4.69) is 4.98 Å². The van der Waals surface area contributed by atoms with Gasteiger partial charge >= 0.3 is 5.16 Å². The van der Waals surface area contributed by atoms with Gasteiger partial charge < -0.3 is 4.55 Å². The molecule has 1 aromatic heterocycles. The van der Waals surface area contributed by atoms with Crippen LogP contribution in [0.2, 0.25) is 0 Å². The lowest BCUT2D eigenvalue weighted by molar-refractivity contribution is 0.438. The Bertz CT molecular complexity index is 496. The number of hydrogen-bond acceptors (Lipinski definition) is 3. The summed E-state index contributed by atoms with van der Waals surface area (Å²) in [7, 11) is 1.83. The Morgan fingerprint density at radius 3 is 3.07 bits per heavy atom. The van der Waals surface area contributed by atoms with Crippen LogP contribution in [0.4, 0.5) is 0 Å². The first kappa shape index (κ1) is 8.28. The van der Waals surface area contributed by atoms with Gasteiger partial charge in [-0.2, -0.15) is 4.98 Å². The fraction of sp³-hybridized carbons (Fsp3) is 0.222. The van der Waals surface area contributed by atoms with Gasteiger partial charge in [0.25, 0.3) is 0 Å². The van der Waals surface area contributed by atoms with Crippen molar-refractivity contribution in [3.63, 3.8) is 0 Å². The molecular formula is C9H9N3OS. The number of benzene rings is 1. The lowest BCUT2D eigenvalue weighted by Gasteiger charge is -2.07. The molecule has 0 N–H and O–H groups in total. The van der Waals surface area contributed by atoms with Crippen LogP contribution in [0.5, 0.6) is 0 Å². The average molecular weight is 207 g/mol. The Balaban J connectivity index is 2.31. The van der Waals surface area contributed by atoms with Crippen LogP contribution >= 0.6 is 0 Å². The largest absolute Gasteiger partial charge is 0.590 e. The van der Waals surface area contributed by atoms with E-state index in [9.17, 15) is 4.55 Å². The summed E-state index contributed by atoms with van der Waals surface area (Å²) < 4.78 is 15.5. The Labute approximate surface area is 84.5 Å². The minimum atomic E-state index is -1.09. The van der Waals surface area contributed by atoms with Crippen molar-refractivity contribution in [1.82, 2.24) is 13.9 Å². The lowest BCUT2D eigenvalue weighted by atomic mass is 10.3. The molecule has 0 amide bonds. The van der Waals surface area contributed by atoms with E-state index in [0.29, 0.717) is 11.8 Å². The minimum absolute atomic E-state index is 0.655. The SMILES string of the molecule is CN1Cn2c(nc3ccccc32)[S+]1[O-]. The van der Waals surface area contributed by atoms with Crippen LogP contribution in [0.1, 0.15) is 0 Å². The summed E-state index contributed by atoms with van der Waals surface area (Å²) in [4.78, 5) is 4.35. The molecule has 1 unspecified atom stereocenters. The summed E-state index contributed by atoms with van der Waals surface area (Å²) in [6.45, 7) is 0.655. The number of nitrogens with zero attached hydrogens (tertiary/aromatic N) is 3. The Morgan fingerprint density at radius 2 is 2.21 bits per heavy atom. The number of para-hydroxylation sites is 2. The second-order valence-corrected chi connectivity index (χ2v) is 4.82. The second kappa shape index (κ2) is 2.73. The summed E-state index contributed by atoms with van der Waals surface area (Å²) in [6, 6.07) is 7.86. The van der Waals surface area contributed by atoms with Gasteiger partial charge in [0.05, 0.1) is 11.0 Å². The molecule has 5 heteroatoms. The highest BCUT2D eigenvalue weighted by molar-refractivity contribution is 7.89. The summed E-state index contributed by atoms with van der Waals surface area (Å²) in [5, 5.41) is 0.661. The monoisotopic (exact) mass is 207 g/mol. The zero-order valence-corrected chi connectivity index (χ0v) is 8.49. The van der Waals surface area contributed by atoms with Gasteiger partial charge in [-0.15, -0.1) is 4.31 Å². The molecule has 0 radical (unpaired) electrons. The van der Waals surface area contributed by atoms with Gasteiger partial charge in [0.15, 0.2) is 0 Å². The third kappa shape index (κ3) is 0.943. The Kier molecular flexibility index (Phi) is 1.61. The average Bonchev–Trinajstić information content (AvgIpc) is 2.67. The van der Waals surface area contributed by atoms with E-state index in [-0.39, 0.29) is 0 Å². The first-order chi connectivity index (χ1) is 6.77. The molecule has 1 atom stereocenters. The molecule has 4 nitrogen and oxygen atoms in total. The van der Waals surface area contributed by atoms with Crippen LogP contribution in [-0.4, -0.2) is 25.5 Å². The number of fused-ring (bicyclic) bond motifs is 3. The van der Waals surface area contributed by atoms with Crippen LogP contribution in [0, 0.1) is 0 Å². The first-order valence-corrected chi connectivity index (χ1v) is 5.46. The van der Waals surface area contributed by atoms with Crippen LogP contribution in [0.3, 0.4) is 0 Å². The van der Waals surface area contributed by atoms with Crippen LogP contribution in [-0.2, 0) is 18.0 Å². The number of hydrogen-bond donors (Lipinski definition) is 0. The van der Waals surface area contributed by atoms with E-state index in [1.165, 1.54) is 0 Å². The molecule has 1 aliphatic heterocycles. The first-order valence-electron chi connectivity index (χ1n) is 4.35. The maximum absolute atomic E-state index is 11.7. The summed E-state index contributed by atoms with van der Waals surface area (Å²) in [5.74, 6) is 0. The molecule has 0 spiro atoms. The highest BCUT2D eigenvalue weighted by atomic mass is 32.2. The Morgan fingerprint density at radius 1 is 1.43 bits per heavy atom. The summed E-state index contributed by atoms with van der Waals surface area (Å²) in [5.41, 5.74) is 1.98. The molecule has 0 fully saturated rings. The van der Waals surface area contributed by atoms with Crippen molar-refractivity contribution < 1.29 is 4.55 Å². The van der Waals surface area contributed by atoms with Crippen molar-refractivity contribution in [2.24, 2.45) is 0 Å². The fourth-order valence-electron chi connectivity index (χ4n) is 1.71. The van der Waals surface area contributed by atoms with E-state index in [1.54, 1.807) is 4.31 Å². The van der Waals surface area contributed by atoms with Gasteiger partial charge in [-0.3, -0.25) is 4.57 Å². The zero-order valence-electron chi connectivity index (χ0n) is 7.67. The molecule has 14 heavy (non-hydrogen) atoms. The minimum Gasteiger partial charge on any atom is -0.590 e. The highest BCUT2D eigenvalue weighted by Crippen LogP contribution is 2.27. The van der Waals surface area contributed by atoms with E-state index < -0.39 is 11.4 Å². The zero-order chi connectivity index (χ0) is 9.71. The van der Waals surface area contributed by atoms with Crippen LogP contribution in [0.15, 0.2) is 29.4 Å². The summed E-state index contributed by atoms with van der Waals surface area (Å²) in [6.07, 6.45) is 0. The predicted molar refractivity (Wildman–Crippen MR) is 53.9 cm³/mol. The number of rotatable bonds is 0. The normalized spacial score (nSPS) is 21.7. The van der Waals surface area contributed by atoms with Crippen molar-refractivity contribution in [2.45, 2.75) is 11.8 Å². The van der Waals surface area contributed by atoms with Crippen molar-refractivity contribution >= 4 is 22.4 Å². The molecule has 72 valence electrons. The van der Waals surface area contributed by atoms with Crippen molar-refractivity contribution in [1.29, 1.82) is 0 Å². The van der Waals surface area contributed by atoms with Gasteiger partial charge in [-0.1, -0.05) is 12.1 Å². The van der Waals surface area contributed by atoms with Crippen LogP contribution in [0.25, 0.3) is 11.0 Å². The van der Waals surface area contributed by atoms with Crippen molar-refractivity contribution in [2.75, 3.05) is 7.05 Å². The predicted octanol–water partition coefficient (Wildman–Crippen LogP) is 0.962. The number of aromatic nitrogens is 2. The molecule has 3 rings (SSSR count). The third-order valence-electron chi connectivity index (χ3n) is 2.40. The quantitative estimate of drug-likeness (QED) is 0.604. The van der Waals surface area contributed by atoms with E-state index in [1.807, 2.05) is 35.9 Å². The van der Waals surface area contributed by atoms with Gasteiger partial charge in [0, 0.05) is 7.05 Å². The molecule has 2 aromatic rings. The fourth-order valence-corrected chi connectivity index (χ4v) is 2.73. The molecule has 2 heterocycles. The molecule has 1 aromatic carbocycles. The topological polar surface area (TPSA) is 44.1 Å². The smallest absolute Gasteiger partial charge is 0.347 e. The molecule has 1 aliphatic rings. The van der Waals surface area contributed by atoms with Gasteiger partial charge in [-0.25, -0.2) is 0 Å².